The third-order valence-corrected chi connectivity index (χ3v) is 8.45. The molecule has 0 aliphatic rings. The van der Waals surface area contributed by atoms with E-state index in [2.05, 4.69) is 165 Å². The SMILES string of the molecule is c1ccc(-n2ccc3cc4c(cc32)c2ccccc2n4-c2ccc3c(c2)c2ccccc2n3-c2ccccc2)cc1. The molecule has 192 valence electrons. The van der Waals surface area contributed by atoms with E-state index in [0.29, 0.717) is 0 Å². The molecular weight excluding hydrogens is 498 g/mol. The van der Waals surface area contributed by atoms with Gasteiger partial charge in [0.2, 0.25) is 0 Å². The van der Waals surface area contributed by atoms with Gasteiger partial charge in [0.15, 0.2) is 0 Å². The van der Waals surface area contributed by atoms with Gasteiger partial charge in [0.1, 0.15) is 0 Å². The number of aromatic nitrogens is 3. The van der Waals surface area contributed by atoms with Crippen molar-refractivity contribution in [1.82, 2.24) is 13.7 Å². The van der Waals surface area contributed by atoms with Crippen LogP contribution in [-0.4, -0.2) is 13.7 Å². The fourth-order valence-corrected chi connectivity index (χ4v) is 6.64. The fraction of sp³-hybridized carbons (Fsp3) is 0. The van der Waals surface area contributed by atoms with Crippen molar-refractivity contribution in [3.05, 3.63) is 152 Å². The Kier molecular flexibility index (Phi) is 4.61. The minimum atomic E-state index is 1.17. The number of rotatable bonds is 3. The molecule has 0 aliphatic heterocycles. The first kappa shape index (κ1) is 22.3. The van der Waals surface area contributed by atoms with Crippen molar-refractivity contribution in [3.8, 4) is 17.1 Å². The molecule has 0 spiro atoms. The smallest absolute Gasteiger partial charge is 0.0548 e. The lowest BCUT2D eigenvalue weighted by Crippen LogP contribution is -1.95. The van der Waals surface area contributed by atoms with E-state index in [1.165, 1.54) is 71.6 Å². The Bertz CT molecular complexity index is 2400. The largest absolute Gasteiger partial charge is 0.317 e. The number of benzene rings is 6. The highest BCUT2D eigenvalue weighted by Gasteiger charge is 2.17. The number of para-hydroxylation sites is 4. The van der Waals surface area contributed by atoms with Crippen molar-refractivity contribution in [2.45, 2.75) is 0 Å². The van der Waals surface area contributed by atoms with E-state index in [9.17, 15) is 0 Å². The Balaban J connectivity index is 1.34. The highest BCUT2D eigenvalue weighted by atomic mass is 15.0. The summed E-state index contributed by atoms with van der Waals surface area (Å²) in [6.07, 6.45) is 2.18. The summed E-state index contributed by atoms with van der Waals surface area (Å²) in [5, 5.41) is 6.26. The number of nitrogens with zero attached hydrogens (tertiary/aromatic N) is 3. The molecule has 0 bridgehead atoms. The molecule has 6 aromatic carbocycles. The van der Waals surface area contributed by atoms with Crippen molar-refractivity contribution < 1.29 is 0 Å². The van der Waals surface area contributed by atoms with Crippen LogP contribution in [0, 0.1) is 0 Å². The van der Waals surface area contributed by atoms with Crippen LogP contribution < -0.4 is 0 Å². The maximum atomic E-state index is 2.43. The van der Waals surface area contributed by atoms with Gasteiger partial charge in [-0.1, -0.05) is 72.8 Å². The van der Waals surface area contributed by atoms with E-state index < -0.39 is 0 Å². The Labute approximate surface area is 236 Å². The molecule has 0 fully saturated rings. The zero-order valence-electron chi connectivity index (χ0n) is 22.3. The lowest BCUT2D eigenvalue weighted by molar-refractivity contribution is 1.13. The Morgan fingerprint density at radius 1 is 0.317 bits per heavy atom. The Morgan fingerprint density at radius 2 is 0.878 bits per heavy atom. The molecule has 0 amide bonds. The normalized spacial score (nSPS) is 11.9. The molecule has 0 radical (unpaired) electrons. The monoisotopic (exact) mass is 523 g/mol. The summed E-state index contributed by atoms with van der Waals surface area (Å²) in [6.45, 7) is 0. The molecule has 3 heteroatoms. The third-order valence-electron chi connectivity index (χ3n) is 8.45. The molecule has 0 saturated heterocycles. The van der Waals surface area contributed by atoms with Crippen LogP contribution in [-0.2, 0) is 0 Å². The van der Waals surface area contributed by atoms with E-state index in [4.69, 9.17) is 0 Å². The molecule has 0 atom stereocenters. The zero-order chi connectivity index (χ0) is 26.9. The quantitative estimate of drug-likeness (QED) is 0.219. The van der Waals surface area contributed by atoms with Crippen molar-refractivity contribution >= 4 is 54.5 Å². The average molecular weight is 524 g/mol. The van der Waals surface area contributed by atoms with E-state index >= 15 is 0 Å². The number of hydrogen-bond acceptors (Lipinski definition) is 0. The summed E-state index contributed by atoms with van der Waals surface area (Å²) in [7, 11) is 0. The van der Waals surface area contributed by atoms with Crippen LogP contribution in [0.25, 0.3) is 71.6 Å². The van der Waals surface area contributed by atoms with Gasteiger partial charge < -0.3 is 13.7 Å². The highest BCUT2D eigenvalue weighted by molar-refractivity contribution is 6.14. The van der Waals surface area contributed by atoms with Crippen molar-refractivity contribution in [2.24, 2.45) is 0 Å². The molecule has 9 aromatic rings. The summed E-state index contributed by atoms with van der Waals surface area (Å²) in [6, 6.07) is 52.5. The van der Waals surface area contributed by atoms with Gasteiger partial charge in [0, 0.05) is 50.2 Å². The van der Waals surface area contributed by atoms with E-state index in [0.717, 1.165) is 0 Å². The predicted molar refractivity (Wildman–Crippen MR) is 172 cm³/mol. The summed E-state index contributed by atoms with van der Waals surface area (Å²) in [4.78, 5) is 0. The molecule has 3 aromatic heterocycles. The average Bonchev–Trinajstić information content (AvgIpc) is 3.70. The molecular formula is C38H25N3. The fourth-order valence-electron chi connectivity index (χ4n) is 6.64. The van der Waals surface area contributed by atoms with Crippen molar-refractivity contribution in [2.75, 3.05) is 0 Å². The number of hydrogen-bond donors (Lipinski definition) is 0. The molecule has 0 unspecified atom stereocenters. The third kappa shape index (κ3) is 3.20. The molecule has 3 heterocycles. The standard InChI is InChI=1S/C38H25N3/c1-3-11-27(12-4-1)39-22-21-26-23-38-33(25-37(26)39)31-16-8-10-18-35(31)41(38)29-19-20-36-32(24-29)30-15-7-9-17-34(30)40(36)28-13-5-2-6-14-28/h1-25H. The lowest BCUT2D eigenvalue weighted by atomic mass is 10.1. The van der Waals surface area contributed by atoms with Crippen LogP contribution in [0.2, 0.25) is 0 Å². The Morgan fingerprint density at radius 3 is 1.59 bits per heavy atom. The van der Waals surface area contributed by atoms with Gasteiger partial charge in [0.25, 0.3) is 0 Å². The van der Waals surface area contributed by atoms with E-state index in [1.54, 1.807) is 0 Å². The van der Waals surface area contributed by atoms with Gasteiger partial charge in [-0.05, 0) is 72.8 Å². The van der Waals surface area contributed by atoms with Gasteiger partial charge >= 0.3 is 0 Å². The first-order valence-electron chi connectivity index (χ1n) is 14.0. The highest BCUT2D eigenvalue weighted by Crippen LogP contribution is 2.38. The van der Waals surface area contributed by atoms with Crippen LogP contribution in [0.15, 0.2) is 152 Å². The van der Waals surface area contributed by atoms with Gasteiger partial charge in [-0.15, -0.1) is 0 Å². The van der Waals surface area contributed by atoms with Crippen molar-refractivity contribution in [3.63, 3.8) is 0 Å². The summed E-state index contributed by atoms with van der Waals surface area (Å²) >= 11 is 0. The van der Waals surface area contributed by atoms with Crippen molar-refractivity contribution in [1.29, 1.82) is 0 Å². The summed E-state index contributed by atoms with van der Waals surface area (Å²) in [5.41, 5.74) is 9.60. The zero-order valence-corrected chi connectivity index (χ0v) is 22.3. The molecule has 9 rings (SSSR count). The summed E-state index contributed by atoms with van der Waals surface area (Å²) in [5.74, 6) is 0. The summed E-state index contributed by atoms with van der Waals surface area (Å²) < 4.78 is 7.08. The second-order valence-electron chi connectivity index (χ2n) is 10.7. The first-order valence-corrected chi connectivity index (χ1v) is 14.0. The van der Waals surface area contributed by atoms with Gasteiger partial charge in [0.05, 0.1) is 27.6 Å². The van der Waals surface area contributed by atoms with Crippen LogP contribution in [0.3, 0.4) is 0 Å². The molecule has 41 heavy (non-hydrogen) atoms. The molecule has 0 saturated carbocycles. The van der Waals surface area contributed by atoms with Gasteiger partial charge in [-0.3, -0.25) is 0 Å². The molecule has 3 nitrogen and oxygen atoms in total. The van der Waals surface area contributed by atoms with Crippen LogP contribution in [0.5, 0.6) is 0 Å². The maximum absolute atomic E-state index is 2.43. The first-order chi connectivity index (χ1) is 20.3. The minimum absolute atomic E-state index is 1.17. The van der Waals surface area contributed by atoms with Crippen LogP contribution in [0.1, 0.15) is 0 Å². The van der Waals surface area contributed by atoms with Crippen LogP contribution in [0.4, 0.5) is 0 Å². The van der Waals surface area contributed by atoms with Gasteiger partial charge in [-0.25, -0.2) is 0 Å². The topological polar surface area (TPSA) is 14.8 Å². The second kappa shape index (κ2) is 8.48. The Hall–Kier alpha value is -5.54. The van der Waals surface area contributed by atoms with Gasteiger partial charge in [-0.2, -0.15) is 0 Å². The lowest BCUT2D eigenvalue weighted by Gasteiger charge is -2.10. The second-order valence-corrected chi connectivity index (χ2v) is 10.7. The predicted octanol–water partition coefficient (Wildman–Crippen LogP) is 9.82. The van der Waals surface area contributed by atoms with Crippen LogP contribution >= 0.6 is 0 Å². The maximum Gasteiger partial charge on any atom is 0.0548 e. The minimum Gasteiger partial charge on any atom is -0.317 e. The van der Waals surface area contributed by atoms with E-state index in [-0.39, 0.29) is 0 Å². The van der Waals surface area contributed by atoms with E-state index in [1.807, 2.05) is 0 Å². The molecule has 0 N–H and O–H groups in total. The molecule has 0 aliphatic carbocycles. The number of fused-ring (bicyclic) bond motifs is 7.